The van der Waals surface area contributed by atoms with Gasteiger partial charge in [0.1, 0.15) is 0 Å². The molecular formula is C10H14O4. The summed E-state index contributed by atoms with van der Waals surface area (Å²) >= 11 is 0. The lowest BCUT2D eigenvalue weighted by Gasteiger charge is -2.23. The van der Waals surface area contributed by atoms with Crippen LogP contribution in [-0.2, 0) is 9.59 Å². The van der Waals surface area contributed by atoms with E-state index in [0.717, 1.165) is 6.42 Å². The first-order chi connectivity index (χ1) is 6.49. The van der Waals surface area contributed by atoms with Gasteiger partial charge in [-0.1, -0.05) is 13.0 Å². The van der Waals surface area contributed by atoms with Crippen molar-refractivity contribution < 1.29 is 19.8 Å². The van der Waals surface area contributed by atoms with Gasteiger partial charge in [0.2, 0.25) is 0 Å². The zero-order chi connectivity index (χ0) is 10.7. The molecule has 0 amide bonds. The Hall–Kier alpha value is -1.32. The monoisotopic (exact) mass is 198 g/mol. The van der Waals surface area contributed by atoms with Crippen molar-refractivity contribution in [1.82, 2.24) is 0 Å². The van der Waals surface area contributed by atoms with E-state index in [9.17, 15) is 9.59 Å². The molecule has 0 fully saturated rings. The predicted molar refractivity (Wildman–Crippen MR) is 49.9 cm³/mol. The van der Waals surface area contributed by atoms with Crippen molar-refractivity contribution in [2.45, 2.75) is 26.2 Å². The van der Waals surface area contributed by atoms with E-state index in [2.05, 4.69) is 0 Å². The molecule has 4 nitrogen and oxygen atoms in total. The molecule has 2 atom stereocenters. The van der Waals surface area contributed by atoms with Gasteiger partial charge in [-0.15, -0.1) is 0 Å². The minimum Gasteiger partial charge on any atom is -0.481 e. The van der Waals surface area contributed by atoms with Crippen LogP contribution in [0.2, 0.25) is 0 Å². The van der Waals surface area contributed by atoms with Crippen LogP contribution in [-0.4, -0.2) is 22.2 Å². The van der Waals surface area contributed by atoms with E-state index in [1.807, 2.05) is 6.92 Å². The summed E-state index contributed by atoms with van der Waals surface area (Å²) in [7, 11) is 0. The molecule has 4 heteroatoms. The predicted octanol–water partition coefficient (Wildman–Crippen LogP) is 1.52. The third-order valence-corrected chi connectivity index (χ3v) is 2.42. The summed E-state index contributed by atoms with van der Waals surface area (Å²) in [5.41, 5.74) is 0.356. The fraction of sp³-hybridized carbons (Fsp3) is 0.600. The number of carbonyl (C=O) groups is 2. The molecule has 1 aliphatic carbocycles. The Morgan fingerprint density at radius 2 is 2.14 bits per heavy atom. The van der Waals surface area contributed by atoms with E-state index in [1.165, 1.54) is 0 Å². The highest BCUT2D eigenvalue weighted by atomic mass is 16.4. The molecule has 1 rings (SSSR count). The summed E-state index contributed by atoms with van der Waals surface area (Å²) in [6.45, 7) is 1.95. The molecule has 2 N–H and O–H groups in total. The molecule has 14 heavy (non-hydrogen) atoms. The lowest BCUT2D eigenvalue weighted by atomic mass is 9.82. The largest absolute Gasteiger partial charge is 0.481 e. The van der Waals surface area contributed by atoms with Crippen LogP contribution >= 0.6 is 0 Å². The summed E-state index contributed by atoms with van der Waals surface area (Å²) in [6, 6.07) is 0. The van der Waals surface area contributed by atoms with Crippen LogP contribution in [0.15, 0.2) is 11.6 Å². The Balaban J connectivity index is 2.72. The minimum absolute atomic E-state index is 0.0289. The van der Waals surface area contributed by atoms with Crippen LogP contribution in [0.3, 0.4) is 0 Å². The highest BCUT2D eigenvalue weighted by molar-refractivity contribution is 5.86. The van der Waals surface area contributed by atoms with Crippen molar-refractivity contribution in [3.8, 4) is 0 Å². The maximum atomic E-state index is 10.7. The van der Waals surface area contributed by atoms with E-state index >= 15 is 0 Å². The van der Waals surface area contributed by atoms with Gasteiger partial charge in [0.05, 0.1) is 6.42 Å². The molecule has 0 radical (unpaired) electrons. The molecule has 0 bridgehead atoms. The van der Waals surface area contributed by atoms with Gasteiger partial charge in [0.25, 0.3) is 0 Å². The summed E-state index contributed by atoms with van der Waals surface area (Å²) in [4.78, 5) is 21.2. The molecular weight excluding hydrogens is 184 g/mol. The first kappa shape index (κ1) is 10.8. The molecule has 0 heterocycles. The molecule has 0 aromatic carbocycles. The smallest absolute Gasteiger partial charge is 0.331 e. The van der Waals surface area contributed by atoms with Gasteiger partial charge in [-0.05, 0) is 24.7 Å². The molecule has 78 valence electrons. The lowest BCUT2D eigenvalue weighted by Crippen LogP contribution is -2.18. The molecule has 1 aliphatic rings. The summed E-state index contributed by atoms with van der Waals surface area (Å²) in [5, 5.41) is 17.4. The SMILES string of the molecule is CC1CC(C(=O)O)=CC(CC(=O)O)C1. The number of rotatable bonds is 3. The quantitative estimate of drug-likeness (QED) is 0.720. The van der Waals surface area contributed by atoms with Gasteiger partial charge in [-0.25, -0.2) is 4.79 Å². The second-order valence-corrected chi connectivity index (χ2v) is 3.90. The Bertz CT molecular complexity index is 280. The van der Waals surface area contributed by atoms with Gasteiger partial charge >= 0.3 is 11.9 Å². The minimum atomic E-state index is -0.924. The number of aliphatic carboxylic acids is 2. The van der Waals surface area contributed by atoms with Crippen molar-refractivity contribution in [3.63, 3.8) is 0 Å². The van der Waals surface area contributed by atoms with Crippen molar-refractivity contribution in [3.05, 3.63) is 11.6 Å². The van der Waals surface area contributed by atoms with Crippen molar-refractivity contribution in [2.75, 3.05) is 0 Å². The summed E-state index contributed by atoms with van der Waals surface area (Å²) in [5.74, 6) is -1.66. The second kappa shape index (κ2) is 4.26. The maximum Gasteiger partial charge on any atom is 0.331 e. The van der Waals surface area contributed by atoms with E-state index in [-0.39, 0.29) is 18.3 Å². The number of hydrogen-bond acceptors (Lipinski definition) is 2. The molecule has 0 saturated carbocycles. The van der Waals surface area contributed by atoms with E-state index in [1.54, 1.807) is 6.08 Å². The molecule has 0 saturated heterocycles. The Kier molecular flexibility index (Phi) is 3.28. The average Bonchev–Trinajstić information content (AvgIpc) is 2.01. The van der Waals surface area contributed by atoms with Gasteiger partial charge in [-0.2, -0.15) is 0 Å². The Morgan fingerprint density at radius 3 is 2.64 bits per heavy atom. The zero-order valence-corrected chi connectivity index (χ0v) is 8.06. The van der Waals surface area contributed by atoms with Crippen molar-refractivity contribution in [2.24, 2.45) is 11.8 Å². The fourth-order valence-corrected chi connectivity index (χ4v) is 1.92. The van der Waals surface area contributed by atoms with Crippen LogP contribution in [0, 0.1) is 11.8 Å². The van der Waals surface area contributed by atoms with Gasteiger partial charge in [0, 0.05) is 5.57 Å². The molecule has 0 aromatic heterocycles. The highest BCUT2D eigenvalue weighted by Crippen LogP contribution is 2.29. The molecule has 0 aliphatic heterocycles. The van der Waals surface area contributed by atoms with E-state index in [4.69, 9.17) is 10.2 Å². The molecule has 0 aromatic rings. The molecule has 0 spiro atoms. The number of hydrogen-bond donors (Lipinski definition) is 2. The number of carboxylic acid groups (broad SMARTS) is 2. The van der Waals surface area contributed by atoms with E-state index in [0.29, 0.717) is 12.0 Å². The van der Waals surface area contributed by atoms with Crippen LogP contribution < -0.4 is 0 Å². The topological polar surface area (TPSA) is 74.6 Å². The zero-order valence-electron chi connectivity index (χ0n) is 8.06. The first-order valence-corrected chi connectivity index (χ1v) is 4.64. The van der Waals surface area contributed by atoms with Crippen LogP contribution in [0.25, 0.3) is 0 Å². The summed E-state index contributed by atoms with van der Waals surface area (Å²) < 4.78 is 0. The third kappa shape index (κ3) is 2.87. The lowest BCUT2D eigenvalue weighted by molar-refractivity contribution is -0.138. The van der Waals surface area contributed by atoms with Gasteiger partial charge in [0.15, 0.2) is 0 Å². The summed E-state index contributed by atoms with van der Waals surface area (Å²) in [6.07, 6.45) is 2.94. The standard InChI is InChI=1S/C10H14O4/c1-6-2-7(5-9(11)12)4-8(3-6)10(13)14/h4,6-7H,2-3,5H2,1H3,(H,11,12)(H,13,14). The number of carboxylic acids is 2. The number of allylic oxidation sites excluding steroid dienone is 1. The second-order valence-electron chi connectivity index (χ2n) is 3.90. The van der Waals surface area contributed by atoms with Crippen molar-refractivity contribution >= 4 is 11.9 Å². The fourth-order valence-electron chi connectivity index (χ4n) is 1.92. The van der Waals surface area contributed by atoms with Crippen molar-refractivity contribution in [1.29, 1.82) is 0 Å². The highest BCUT2D eigenvalue weighted by Gasteiger charge is 2.24. The van der Waals surface area contributed by atoms with Gasteiger partial charge in [-0.3, -0.25) is 4.79 Å². The third-order valence-electron chi connectivity index (χ3n) is 2.42. The van der Waals surface area contributed by atoms with Gasteiger partial charge < -0.3 is 10.2 Å². The maximum absolute atomic E-state index is 10.7. The molecule has 2 unspecified atom stereocenters. The average molecular weight is 198 g/mol. The van der Waals surface area contributed by atoms with E-state index < -0.39 is 11.9 Å². The first-order valence-electron chi connectivity index (χ1n) is 4.64. The van der Waals surface area contributed by atoms with Crippen LogP contribution in [0.5, 0.6) is 0 Å². The van der Waals surface area contributed by atoms with Crippen LogP contribution in [0.1, 0.15) is 26.2 Å². The normalized spacial score (nSPS) is 26.8. The Morgan fingerprint density at radius 1 is 1.50 bits per heavy atom. The van der Waals surface area contributed by atoms with Crippen LogP contribution in [0.4, 0.5) is 0 Å². The Labute approximate surface area is 82.2 Å².